The second-order valence-electron chi connectivity index (χ2n) is 6.65. The number of ether oxygens (including phenoxy) is 1. The van der Waals surface area contributed by atoms with E-state index in [0.717, 1.165) is 24.8 Å². The summed E-state index contributed by atoms with van der Waals surface area (Å²) in [5.74, 6) is 0.241. The highest BCUT2D eigenvalue weighted by Crippen LogP contribution is 2.28. The first-order valence-electron chi connectivity index (χ1n) is 9.01. The number of aliphatic hydroxyl groups excluding tert-OH is 2. The summed E-state index contributed by atoms with van der Waals surface area (Å²) in [4.78, 5) is 6.12. The number of rotatable bonds is 7. The molecule has 1 fully saturated rings. The van der Waals surface area contributed by atoms with E-state index in [9.17, 15) is 14.6 Å². The largest absolute Gasteiger partial charge is 0.488 e. The van der Waals surface area contributed by atoms with Gasteiger partial charge in [-0.3, -0.25) is 9.88 Å². The van der Waals surface area contributed by atoms with Gasteiger partial charge in [-0.25, -0.2) is 4.39 Å². The van der Waals surface area contributed by atoms with Crippen molar-refractivity contribution in [3.63, 3.8) is 0 Å². The Morgan fingerprint density at radius 2 is 1.85 bits per heavy atom. The number of halogens is 1. The molecule has 3 rings (SSSR count). The van der Waals surface area contributed by atoms with E-state index in [0.29, 0.717) is 18.8 Å². The highest BCUT2D eigenvalue weighted by molar-refractivity contribution is 5.22. The van der Waals surface area contributed by atoms with Crippen LogP contribution < -0.4 is 4.74 Å². The first kappa shape index (κ1) is 18.8. The zero-order chi connectivity index (χ0) is 18.4. The molecular weight excluding hydrogens is 335 g/mol. The van der Waals surface area contributed by atoms with Gasteiger partial charge in [0, 0.05) is 31.5 Å². The number of benzene rings is 1. The zero-order valence-electron chi connectivity index (χ0n) is 14.7. The minimum atomic E-state index is -0.679. The van der Waals surface area contributed by atoms with E-state index in [-0.39, 0.29) is 24.6 Å². The average molecular weight is 360 g/mol. The Hall–Kier alpha value is -2.02. The lowest BCUT2D eigenvalue weighted by molar-refractivity contribution is -0.0586. The molecule has 2 N–H and O–H groups in total. The molecule has 26 heavy (non-hydrogen) atoms. The van der Waals surface area contributed by atoms with Crippen molar-refractivity contribution in [2.24, 2.45) is 0 Å². The van der Waals surface area contributed by atoms with E-state index in [1.54, 1.807) is 24.5 Å². The molecule has 1 saturated carbocycles. The van der Waals surface area contributed by atoms with Crippen LogP contribution in [0.4, 0.5) is 4.39 Å². The molecule has 0 spiro atoms. The SMILES string of the molecule is OCCN(Cc1ccncc1)[C@H]1CCC[C@@H](Oc2ccc(F)cc2)[C@@H]1O. The molecule has 1 aliphatic rings. The topological polar surface area (TPSA) is 65.8 Å². The van der Waals surface area contributed by atoms with Gasteiger partial charge in [0.05, 0.1) is 6.61 Å². The molecule has 5 nitrogen and oxygen atoms in total. The van der Waals surface area contributed by atoms with Crippen LogP contribution in [0.15, 0.2) is 48.8 Å². The van der Waals surface area contributed by atoms with Crippen molar-refractivity contribution in [1.82, 2.24) is 9.88 Å². The van der Waals surface area contributed by atoms with Gasteiger partial charge in [-0.15, -0.1) is 0 Å². The molecule has 1 aromatic heterocycles. The standard InChI is InChI=1S/C20H25FN2O3/c21-16-4-6-17(7-5-16)26-19-3-1-2-18(20(19)25)23(12-13-24)14-15-8-10-22-11-9-15/h4-11,18-20,24-25H,1-3,12-14H2/t18-,19+,20+/m0/s1. The molecule has 2 aromatic rings. The smallest absolute Gasteiger partial charge is 0.126 e. The van der Waals surface area contributed by atoms with Gasteiger partial charge >= 0.3 is 0 Å². The van der Waals surface area contributed by atoms with Crippen LogP contribution in [0.1, 0.15) is 24.8 Å². The van der Waals surface area contributed by atoms with Crippen LogP contribution in [0.25, 0.3) is 0 Å². The number of aromatic nitrogens is 1. The summed E-state index contributed by atoms with van der Waals surface area (Å²) < 4.78 is 19.0. The summed E-state index contributed by atoms with van der Waals surface area (Å²) in [5, 5.41) is 20.3. The molecule has 0 aliphatic heterocycles. The predicted octanol–water partition coefficient (Wildman–Crippen LogP) is 2.38. The zero-order valence-corrected chi connectivity index (χ0v) is 14.7. The normalized spacial score (nSPS) is 23.2. The van der Waals surface area contributed by atoms with Crippen molar-refractivity contribution in [3.8, 4) is 5.75 Å². The number of aliphatic hydroxyl groups is 2. The quantitative estimate of drug-likeness (QED) is 0.794. The Bertz CT molecular complexity index is 669. The molecule has 3 atom stereocenters. The molecule has 0 saturated heterocycles. The molecule has 0 bridgehead atoms. The average Bonchev–Trinajstić information content (AvgIpc) is 2.66. The van der Waals surface area contributed by atoms with Crippen molar-refractivity contribution in [2.75, 3.05) is 13.2 Å². The maximum Gasteiger partial charge on any atom is 0.126 e. The molecule has 6 heteroatoms. The molecule has 0 amide bonds. The van der Waals surface area contributed by atoms with E-state index < -0.39 is 6.10 Å². The fourth-order valence-electron chi connectivity index (χ4n) is 3.55. The molecule has 1 heterocycles. The molecule has 0 unspecified atom stereocenters. The van der Waals surface area contributed by atoms with Crippen LogP contribution in [0, 0.1) is 5.82 Å². The van der Waals surface area contributed by atoms with E-state index in [2.05, 4.69) is 9.88 Å². The predicted molar refractivity (Wildman–Crippen MR) is 96.2 cm³/mol. The Balaban J connectivity index is 1.69. The minimum Gasteiger partial charge on any atom is -0.488 e. The van der Waals surface area contributed by atoms with Gasteiger partial charge in [-0.05, 0) is 61.2 Å². The fourth-order valence-corrected chi connectivity index (χ4v) is 3.55. The summed E-state index contributed by atoms with van der Waals surface area (Å²) in [6.07, 6.45) is 4.97. The fraction of sp³-hybridized carbons (Fsp3) is 0.450. The third-order valence-electron chi connectivity index (χ3n) is 4.86. The van der Waals surface area contributed by atoms with Gasteiger partial charge in [0.1, 0.15) is 23.8 Å². The number of hydrogen-bond acceptors (Lipinski definition) is 5. The number of hydrogen-bond donors (Lipinski definition) is 2. The van der Waals surface area contributed by atoms with Crippen molar-refractivity contribution >= 4 is 0 Å². The molecule has 140 valence electrons. The van der Waals surface area contributed by atoms with Crippen molar-refractivity contribution < 1.29 is 19.3 Å². The maximum atomic E-state index is 13.1. The summed E-state index contributed by atoms with van der Waals surface area (Å²) in [6, 6.07) is 9.63. The van der Waals surface area contributed by atoms with Gasteiger partial charge < -0.3 is 14.9 Å². The van der Waals surface area contributed by atoms with Gasteiger partial charge in [0.15, 0.2) is 0 Å². The van der Waals surface area contributed by atoms with Crippen LogP contribution >= 0.6 is 0 Å². The third-order valence-corrected chi connectivity index (χ3v) is 4.86. The van der Waals surface area contributed by atoms with E-state index in [1.807, 2.05) is 12.1 Å². The molecule has 0 radical (unpaired) electrons. The number of nitrogens with zero attached hydrogens (tertiary/aromatic N) is 2. The Kier molecular flexibility index (Phi) is 6.55. The Morgan fingerprint density at radius 1 is 1.12 bits per heavy atom. The van der Waals surface area contributed by atoms with E-state index in [1.165, 1.54) is 12.1 Å². The highest BCUT2D eigenvalue weighted by Gasteiger charge is 2.36. The summed E-state index contributed by atoms with van der Waals surface area (Å²) >= 11 is 0. The number of pyridine rings is 1. The summed E-state index contributed by atoms with van der Waals surface area (Å²) in [5.41, 5.74) is 1.09. The second kappa shape index (κ2) is 9.07. The lowest BCUT2D eigenvalue weighted by Gasteiger charge is -2.41. The van der Waals surface area contributed by atoms with Crippen LogP contribution in [0.2, 0.25) is 0 Å². The van der Waals surface area contributed by atoms with E-state index in [4.69, 9.17) is 4.74 Å². The van der Waals surface area contributed by atoms with Gasteiger partial charge in [0.25, 0.3) is 0 Å². The Labute approximate surface area is 153 Å². The second-order valence-corrected chi connectivity index (χ2v) is 6.65. The highest BCUT2D eigenvalue weighted by atomic mass is 19.1. The molecule has 1 aromatic carbocycles. The van der Waals surface area contributed by atoms with Gasteiger partial charge in [-0.2, -0.15) is 0 Å². The lowest BCUT2D eigenvalue weighted by Crippen LogP contribution is -2.53. The first-order valence-corrected chi connectivity index (χ1v) is 9.01. The van der Waals surface area contributed by atoms with Crippen molar-refractivity contribution in [2.45, 2.75) is 44.1 Å². The summed E-state index contributed by atoms with van der Waals surface area (Å²) in [6.45, 7) is 1.14. The maximum absolute atomic E-state index is 13.1. The molecule has 1 aliphatic carbocycles. The van der Waals surface area contributed by atoms with Crippen LogP contribution in [0.5, 0.6) is 5.75 Å². The van der Waals surface area contributed by atoms with E-state index >= 15 is 0 Å². The van der Waals surface area contributed by atoms with Crippen LogP contribution in [0.3, 0.4) is 0 Å². The van der Waals surface area contributed by atoms with Crippen molar-refractivity contribution in [1.29, 1.82) is 0 Å². The van der Waals surface area contributed by atoms with Crippen molar-refractivity contribution in [3.05, 3.63) is 60.2 Å². The Morgan fingerprint density at radius 3 is 2.54 bits per heavy atom. The third kappa shape index (κ3) is 4.78. The summed E-state index contributed by atoms with van der Waals surface area (Å²) in [7, 11) is 0. The first-order chi connectivity index (χ1) is 12.7. The minimum absolute atomic E-state index is 0.0256. The lowest BCUT2D eigenvalue weighted by atomic mass is 9.88. The van der Waals surface area contributed by atoms with Gasteiger partial charge in [0.2, 0.25) is 0 Å². The molecular formula is C20H25FN2O3. The van der Waals surface area contributed by atoms with Gasteiger partial charge in [-0.1, -0.05) is 0 Å². The van der Waals surface area contributed by atoms with Crippen LogP contribution in [-0.2, 0) is 6.54 Å². The van der Waals surface area contributed by atoms with Crippen LogP contribution in [-0.4, -0.2) is 51.5 Å². The monoisotopic (exact) mass is 360 g/mol.